The lowest BCUT2D eigenvalue weighted by Crippen LogP contribution is -2.15. The van der Waals surface area contributed by atoms with Crippen LogP contribution in [0.5, 0.6) is 0 Å². The van der Waals surface area contributed by atoms with E-state index in [-0.39, 0.29) is 11.9 Å². The molecule has 4 heterocycles. The second kappa shape index (κ2) is 28.4. The maximum atomic E-state index is 13.6. The highest BCUT2D eigenvalue weighted by atomic mass is 79.9. The first-order chi connectivity index (χ1) is 28.3. The largest absolute Gasteiger partial charge is 0.462 e. The lowest BCUT2D eigenvalue weighted by atomic mass is 9.95. The van der Waals surface area contributed by atoms with Crippen molar-refractivity contribution < 1.29 is 19.1 Å². The van der Waals surface area contributed by atoms with Gasteiger partial charge in [0.15, 0.2) is 9.66 Å². The van der Waals surface area contributed by atoms with Gasteiger partial charge in [0, 0.05) is 0 Å². The highest BCUT2D eigenvalue weighted by Gasteiger charge is 2.26. The number of esters is 2. The summed E-state index contributed by atoms with van der Waals surface area (Å²) in [7, 11) is 0. The molecule has 0 bridgehead atoms. The molecule has 0 fully saturated rings. The molecule has 0 aromatic carbocycles. The molecule has 0 spiro atoms. The number of thiophene rings is 2. The van der Waals surface area contributed by atoms with Crippen molar-refractivity contribution in [2.24, 2.45) is 11.8 Å². The molecule has 0 N–H and O–H groups in total. The number of rotatable bonds is 32. The average molecular weight is 1000 g/mol. The molecular formula is C46H68Br2N2O4S4. The van der Waals surface area contributed by atoms with E-state index in [0.29, 0.717) is 36.2 Å². The molecule has 2 unspecified atom stereocenters. The van der Waals surface area contributed by atoms with Gasteiger partial charge in [-0.15, -0.1) is 22.7 Å². The summed E-state index contributed by atoms with van der Waals surface area (Å²) in [5.74, 6) is 0.221. The first-order valence-corrected chi connectivity index (χ1v) is 27.3. The summed E-state index contributed by atoms with van der Waals surface area (Å²) >= 11 is 13.2. The van der Waals surface area contributed by atoms with Gasteiger partial charge < -0.3 is 9.47 Å². The smallest absolute Gasteiger partial charge is 0.339 e. The second-order valence-corrected chi connectivity index (χ2v) is 22.8. The van der Waals surface area contributed by atoms with Crippen molar-refractivity contribution in [3.63, 3.8) is 0 Å². The summed E-state index contributed by atoms with van der Waals surface area (Å²) in [6.07, 6.45) is 29.5. The van der Waals surface area contributed by atoms with Gasteiger partial charge in [-0.1, -0.05) is 179 Å². The van der Waals surface area contributed by atoms with Gasteiger partial charge in [-0.3, -0.25) is 0 Å². The summed E-state index contributed by atoms with van der Waals surface area (Å²) in [4.78, 5) is 40.4. The van der Waals surface area contributed by atoms with Crippen LogP contribution in [0.1, 0.15) is 203 Å². The molecule has 324 valence electrons. The van der Waals surface area contributed by atoms with Crippen LogP contribution in [-0.2, 0) is 9.47 Å². The highest BCUT2D eigenvalue weighted by molar-refractivity contribution is 9.11. The zero-order valence-electron chi connectivity index (χ0n) is 35.6. The monoisotopic (exact) mass is 998 g/mol. The Kier molecular flexibility index (Phi) is 24.2. The summed E-state index contributed by atoms with van der Waals surface area (Å²) in [5, 5.41) is 1.52. The fraction of sp³-hybridized carbons (Fsp3) is 0.696. The van der Waals surface area contributed by atoms with Gasteiger partial charge in [0.05, 0.1) is 41.7 Å². The van der Waals surface area contributed by atoms with E-state index < -0.39 is 0 Å². The van der Waals surface area contributed by atoms with Gasteiger partial charge in [0.25, 0.3) is 0 Å². The minimum absolute atomic E-state index is 0.285. The summed E-state index contributed by atoms with van der Waals surface area (Å²) < 4.78 is 13.8. The van der Waals surface area contributed by atoms with Crippen molar-refractivity contribution in [2.75, 3.05) is 13.2 Å². The van der Waals surface area contributed by atoms with E-state index in [1.165, 1.54) is 174 Å². The molecule has 4 aromatic heterocycles. The number of thiazole rings is 2. The predicted octanol–water partition coefficient (Wildman–Crippen LogP) is 17.7. The van der Waals surface area contributed by atoms with Gasteiger partial charge in [-0.05, 0) is 81.5 Å². The standard InChI is InChI=1S/C46H68Br2N2O4S4/c1-5-9-13-17-19-23-27-33(25-21-15-11-7-3)31-53-45(51)35-29-37(47)55-39(35)41-49-43-44(57-41)50-42(58-43)40-36(30-38(48)56-40)46(52)54-32-34(26-22-16-12-8-4)28-24-20-18-14-10-6-2/h29-30,33-34H,5-28,31-32H2,1-4H3. The highest BCUT2D eigenvalue weighted by Crippen LogP contribution is 2.44. The number of fused-ring (bicyclic) bond motifs is 1. The first-order valence-electron chi connectivity index (χ1n) is 22.5. The van der Waals surface area contributed by atoms with Crippen LogP contribution in [0.15, 0.2) is 19.7 Å². The van der Waals surface area contributed by atoms with E-state index in [4.69, 9.17) is 19.4 Å². The van der Waals surface area contributed by atoms with Gasteiger partial charge in [0.1, 0.15) is 10.0 Å². The van der Waals surface area contributed by atoms with E-state index >= 15 is 0 Å². The summed E-state index contributed by atoms with van der Waals surface area (Å²) in [6, 6.07) is 3.73. The fourth-order valence-corrected chi connectivity index (χ4v) is 12.9. The molecule has 0 aliphatic rings. The van der Waals surface area contributed by atoms with Crippen molar-refractivity contribution in [1.82, 2.24) is 9.97 Å². The fourth-order valence-electron chi connectivity index (χ4n) is 7.49. The molecular weight excluding hydrogens is 933 g/mol. The number of nitrogens with zero attached hydrogens (tertiary/aromatic N) is 2. The molecule has 58 heavy (non-hydrogen) atoms. The third-order valence-electron chi connectivity index (χ3n) is 11.0. The molecule has 12 heteroatoms. The van der Waals surface area contributed by atoms with Crippen LogP contribution in [0.25, 0.3) is 29.4 Å². The van der Waals surface area contributed by atoms with Crippen LogP contribution < -0.4 is 0 Å². The molecule has 0 amide bonds. The number of carbonyl (C=O) groups is 2. The van der Waals surface area contributed by atoms with Crippen LogP contribution in [0.3, 0.4) is 0 Å². The molecule has 0 saturated heterocycles. The lowest BCUT2D eigenvalue weighted by Gasteiger charge is -2.17. The Morgan fingerprint density at radius 2 is 0.810 bits per heavy atom. The molecule has 0 saturated carbocycles. The number of carbonyl (C=O) groups excluding carboxylic acids is 2. The molecule has 0 radical (unpaired) electrons. The van der Waals surface area contributed by atoms with E-state index in [1.54, 1.807) is 0 Å². The number of aromatic nitrogens is 2. The number of hydrogen-bond acceptors (Lipinski definition) is 10. The van der Waals surface area contributed by atoms with Gasteiger partial charge >= 0.3 is 11.9 Å². The molecule has 2 atom stereocenters. The average Bonchev–Trinajstić information content (AvgIpc) is 4.00. The lowest BCUT2D eigenvalue weighted by molar-refractivity contribution is 0.0415. The van der Waals surface area contributed by atoms with Crippen LogP contribution in [0, 0.1) is 11.8 Å². The van der Waals surface area contributed by atoms with E-state index in [1.807, 2.05) is 12.1 Å². The van der Waals surface area contributed by atoms with E-state index in [2.05, 4.69) is 59.6 Å². The predicted molar refractivity (Wildman–Crippen MR) is 258 cm³/mol. The third-order valence-corrected chi connectivity index (χ3v) is 16.6. The topological polar surface area (TPSA) is 78.4 Å². The van der Waals surface area contributed by atoms with Crippen molar-refractivity contribution in [1.29, 1.82) is 0 Å². The van der Waals surface area contributed by atoms with Crippen LogP contribution in [0.2, 0.25) is 0 Å². The first kappa shape index (κ1) is 49.5. The third kappa shape index (κ3) is 16.9. The maximum absolute atomic E-state index is 13.6. The zero-order chi connectivity index (χ0) is 41.5. The van der Waals surface area contributed by atoms with Gasteiger partial charge in [0.2, 0.25) is 0 Å². The number of ether oxygens (including phenoxy) is 2. The van der Waals surface area contributed by atoms with E-state index in [9.17, 15) is 9.59 Å². The Balaban J connectivity index is 1.40. The minimum atomic E-state index is -0.285. The molecule has 6 nitrogen and oxygen atoms in total. The SMILES string of the molecule is CCCCCCCCC(CCCCCC)COC(=O)c1cc(Br)sc1-c1nc2sc(-c3sc(Br)cc3C(=O)OCC(CCCCCC)CCCCCCCC)nc2s1. The Labute approximate surface area is 382 Å². The van der Waals surface area contributed by atoms with E-state index in [0.717, 1.165) is 62.7 Å². The molecule has 4 aromatic rings. The maximum Gasteiger partial charge on any atom is 0.339 e. The van der Waals surface area contributed by atoms with Gasteiger partial charge in [-0.2, -0.15) is 0 Å². The van der Waals surface area contributed by atoms with Crippen molar-refractivity contribution in [3.8, 4) is 19.8 Å². The number of hydrogen-bond donors (Lipinski definition) is 0. The quantitative estimate of drug-likeness (QED) is 0.0358. The summed E-state index contributed by atoms with van der Waals surface area (Å²) in [5.41, 5.74) is 1.10. The van der Waals surface area contributed by atoms with Crippen LogP contribution >= 0.6 is 77.2 Å². The second-order valence-electron chi connectivity index (χ2n) is 16.0. The van der Waals surface area contributed by atoms with Crippen molar-refractivity contribution in [2.45, 2.75) is 182 Å². The van der Waals surface area contributed by atoms with Crippen LogP contribution in [-0.4, -0.2) is 35.1 Å². The van der Waals surface area contributed by atoms with Crippen LogP contribution in [0.4, 0.5) is 0 Å². The Bertz CT molecular complexity index is 1610. The molecule has 0 aliphatic carbocycles. The van der Waals surface area contributed by atoms with Gasteiger partial charge in [-0.25, -0.2) is 19.6 Å². The molecule has 0 aliphatic heterocycles. The minimum Gasteiger partial charge on any atom is -0.462 e. The Hall–Kier alpha value is -1.18. The van der Waals surface area contributed by atoms with Crippen molar-refractivity contribution >= 4 is 98.8 Å². The normalized spacial score (nSPS) is 12.7. The zero-order valence-corrected chi connectivity index (χ0v) is 42.0. The Morgan fingerprint density at radius 3 is 1.16 bits per heavy atom. The number of unbranched alkanes of at least 4 members (excludes halogenated alkanes) is 16. The van der Waals surface area contributed by atoms with Crippen molar-refractivity contribution in [3.05, 3.63) is 30.8 Å². The number of halogens is 2. The Morgan fingerprint density at radius 1 is 0.500 bits per heavy atom. The summed E-state index contributed by atoms with van der Waals surface area (Å²) in [6.45, 7) is 9.93. The molecule has 4 rings (SSSR count).